The van der Waals surface area contributed by atoms with Crippen molar-refractivity contribution in [3.8, 4) is 0 Å². The van der Waals surface area contributed by atoms with Gasteiger partial charge in [-0.3, -0.25) is 9.78 Å². The third-order valence-electron chi connectivity index (χ3n) is 5.46. The van der Waals surface area contributed by atoms with Crippen LogP contribution in [-0.2, 0) is 13.1 Å². The van der Waals surface area contributed by atoms with Gasteiger partial charge in [-0.2, -0.15) is 0 Å². The zero-order chi connectivity index (χ0) is 19.5. The minimum atomic E-state index is 0.0504. The van der Waals surface area contributed by atoms with Crippen molar-refractivity contribution in [2.24, 2.45) is 0 Å². The van der Waals surface area contributed by atoms with Crippen LogP contribution in [0.2, 0.25) is 0 Å². The molecular weight excluding hydrogens is 436 g/mol. The molecule has 148 valence electrons. The van der Waals surface area contributed by atoms with Crippen molar-refractivity contribution < 1.29 is 0 Å². The van der Waals surface area contributed by atoms with Gasteiger partial charge in [-0.15, -0.1) is 11.3 Å². The lowest BCUT2D eigenvalue weighted by atomic mass is 10.1. The van der Waals surface area contributed by atoms with Gasteiger partial charge in [0.15, 0.2) is 0 Å². The van der Waals surface area contributed by atoms with E-state index in [4.69, 9.17) is 0 Å². The molecule has 0 aromatic carbocycles. The van der Waals surface area contributed by atoms with Crippen LogP contribution in [0.15, 0.2) is 45.1 Å². The largest absolute Gasteiger partial charge is 0.309 e. The average molecular weight is 461 g/mol. The normalized spacial score (nSPS) is 16.1. The van der Waals surface area contributed by atoms with Gasteiger partial charge in [-0.05, 0) is 78.6 Å². The first kappa shape index (κ1) is 19.8. The Balaban J connectivity index is 1.28. The maximum atomic E-state index is 12.3. The van der Waals surface area contributed by atoms with E-state index in [1.165, 1.54) is 14.2 Å². The van der Waals surface area contributed by atoms with E-state index in [-0.39, 0.29) is 5.56 Å². The number of rotatable bonds is 6. The Morgan fingerprint density at radius 3 is 2.82 bits per heavy atom. The highest BCUT2D eigenvalue weighted by atomic mass is 79.9. The van der Waals surface area contributed by atoms with Gasteiger partial charge >= 0.3 is 0 Å². The molecule has 0 aliphatic carbocycles. The topological polar surface area (TPSA) is 50.2 Å². The van der Waals surface area contributed by atoms with Gasteiger partial charge in [-0.1, -0.05) is 0 Å². The molecule has 0 atom stereocenters. The van der Waals surface area contributed by atoms with Gasteiger partial charge in [0.05, 0.1) is 14.8 Å². The average Bonchev–Trinajstić information content (AvgIpc) is 3.04. The van der Waals surface area contributed by atoms with Crippen molar-refractivity contribution in [3.05, 3.63) is 61.1 Å². The van der Waals surface area contributed by atoms with Crippen LogP contribution in [0.5, 0.6) is 0 Å². The molecule has 3 aromatic rings. The molecule has 5 nitrogen and oxygen atoms in total. The van der Waals surface area contributed by atoms with Crippen molar-refractivity contribution in [3.63, 3.8) is 0 Å². The minimum Gasteiger partial charge on any atom is -0.309 e. The lowest BCUT2D eigenvalue weighted by Crippen LogP contribution is -2.43. The monoisotopic (exact) mass is 460 g/mol. The van der Waals surface area contributed by atoms with Crippen LogP contribution >= 0.6 is 27.3 Å². The molecule has 1 N–H and O–H groups in total. The van der Waals surface area contributed by atoms with Gasteiger partial charge in [0.25, 0.3) is 5.56 Å². The Labute approximate surface area is 177 Å². The number of piperidine rings is 1. The van der Waals surface area contributed by atoms with Gasteiger partial charge in [-0.25, -0.2) is 0 Å². The number of aromatic nitrogens is 2. The smallest absolute Gasteiger partial charge is 0.251 e. The van der Waals surface area contributed by atoms with Crippen molar-refractivity contribution in [1.29, 1.82) is 0 Å². The molecule has 0 saturated carbocycles. The predicted molar refractivity (Wildman–Crippen MR) is 119 cm³/mol. The number of hydrogen-bond donors (Lipinski definition) is 1. The number of thiophene rings is 1. The zero-order valence-electron chi connectivity index (χ0n) is 16.0. The van der Waals surface area contributed by atoms with Crippen molar-refractivity contribution in [2.45, 2.75) is 38.9 Å². The summed E-state index contributed by atoms with van der Waals surface area (Å²) in [5.41, 5.74) is 3.16. The quantitative estimate of drug-likeness (QED) is 0.607. The summed E-state index contributed by atoms with van der Waals surface area (Å²) in [5.74, 6) is 0. The Bertz CT molecular complexity index is 988. The second kappa shape index (κ2) is 8.86. The Morgan fingerprint density at radius 1 is 1.25 bits per heavy atom. The van der Waals surface area contributed by atoms with Gasteiger partial charge < -0.3 is 14.8 Å². The summed E-state index contributed by atoms with van der Waals surface area (Å²) in [7, 11) is 0. The molecule has 0 unspecified atom stereocenters. The number of aryl methyl sites for hydroxylation is 1. The Kier molecular flexibility index (Phi) is 6.25. The van der Waals surface area contributed by atoms with Crippen LogP contribution in [0.3, 0.4) is 0 Å². The van der Waals surface area contributed by atoms with Crippen molar-refractivity contribution in [2.75, 3.05) is 19.6 Å². The molecule has 3 aromatic heterocycles. The standard InChI is InChI=1S/C21H25BrN4OS/c1-15-13-17(28-21(15)22)14-24-16-6-9-25(10-7-16)11-12-26-19-3-2-8-23-18(19)4-5-20(26)27/h2-5,8,13,16,24H,6-7,9-12,14H2,1H3. The van der Waals surface area contributed by atoms with Crippen LogP contribution in [0.4, 0.5) is 0 Å². The van der Waals surface area contributed by atoms with E-state index in [0.29, 0.717) is 12.6 Å². The van der Waals surface area contributed by atoms with E-state index in [1.807, 2.05) is 28.0 Å². The SMILES string of the molecule is Cc1cc(CNC2CCN(CCn3c(=O)ccc4ncccc43)CC2)sc1Br. The van der Waals surface area contributed by atoms with E-state index in [1.54, 1.807) is 18.3 Å². The number of pyridine rings is 2. The van der Waals surface area contributed by atoms with Crippen LogP contribution in [0, 0.1) is 6.92 Å². The van der Waals surface area contributed by atoms with Gasteiger partial charge in [0, 0.05) is 42.8 Å². The van der Waals surface area contributed by atoms with E-state index in [9.17, 15) is 4.79 Å². The Hall–Kier alpha value is -1.54. The summed E-state index contributed by atoms with van der Waals surface area (Å²) < 4.78 is 3.09. The number of nitrogens with zero attached hydrogens (tertiary/aromatic N) is 3. The minimum absolute atomic E-state index is 0.0504. The highest BCUT2D eigenvalue weighted by molar-refractivity contribution is 9.11. The number of nitrogens with one attached hydrogen (secondary N) is 1. The summed E-state index contributed by atoms with van der Waals surface area (Å²) in [6, 6.07) is 10.1. The molecule has 1 aliphatic rings. The molecule has 0 bridgehead atoms. The summed E-state index contributed by atoms with van der Waals surface area (Å²) in [4.78, 5) is 20.5. The fourth-order valence-electron chi connectivity index (χ4n) is 3.81. The third kappa shape index (κ3) is 4.54. The zero-order valence-corrected chi connectivity index (χ0v) is 18.4. The first-order valence-corrected chi connectivity index (χ1v) is 11.4. The lowest BCUT2D eigenvalue weighted by Gasteiger charge is -2.32. The summed E-state index contributed by atoms with van der Waals surface area (Å²) in [5, 5.41) is 3.71. The molecule has 0 spiro atoms. The van der Waals surface area contributed by atoms with Crippen LogP contribution in [0.1, 0.15) is 23.3 Å². The van der Waals surface area contributed by atoms with E-state index in [2.05, 4.69) is 44.1 Å². The predicted octanol–water partition coefficient (Wildman–Crippen LogP) is 3.78. The van der Waals surface area contributed by atoms with Crippen LogP contribution in [-0.4, -0.2) is 40.1 Å². The fraction of sp³-hybridized carbons (Fsp3) is 0.429. The van der Waals surface area contributed by atoms with Crippen molar-refractivity contribution in [1.82, 2.24) is 19.8 Å². The molecule has 1 fully saturated rings. The second-order valence-electron chi connectivity index (χ2n) is 7.40. The molecule has 4 heterocycles. The second-order valence-corrected chi connectivity index (χ2v) is 9.85. The van der Waals surface area contributed by atoms with Crippen LogP contribution in [0.25, 0.3) is 11.0 Å². The molecule has 1 aliphatic heterocycles. The molecular formula is C21H25BrN4OS. The van der Waals surface area contributed by atoms with Crippen molar-refractivity contribution >= 4 is 38.3 Å². The molecule has 4 rings (SSSR count). The summed E-state index contributed by atoms with van der Waals surface area (Å²) in [6.45, 7) is 6.84. The first-order chi connectivity index (χ1) is 13.6. The van der Waals surface area contributed by atoms with E-state index >= 15 is 0 Å². The number of fused-ring (bicyclic) bond motifs is 1. The lowest BCUT2D eigenvalue weighted by molar-refractivity contribution is 0.191. The fourth-order valence-corrected chi connectivity index (χ4v) is 5.39. The number of halogens is 1. The Morgan fingerprint density at radius 2 is 2.07 bits per heavy atom. The number of likely N-dealkylation sites (tertiary alicyclic amines) is 1. The molecule has 0 amide bonds. The van der Waals surface area contributed by atoms with Gasteiger partial charge in [0.2, 0.25) is 0 Å². The van der Waals surface area contributed by atoms with E-state index in [0.717, 1.165) is 50.1 Å². The van der Waals surface area contributed by atoms with Gasteiger partial charge in [0.1, 0.15) is 0 Å². The molecule has 28 heavy (non-hydrogen) atoms. The third-order valence-corrected chi connectivity index (χ3v) is 7.59. The highest BCUT2D eigenvalue weighted by Crippen LogP contribution is 2.27. The van der Waals surface area contributed by atoms with Crippen LogP contribution < -0.4 is 10.9 Å². The highest BCUT2D eigenvalue weighted by Gasteiger charge is 2.19. The maximum absolute atomic E-state index is 12.3. The maximum Gasteiger partial charge on any atom is 0.251 e. The summed E-state index contributed by atoms with van der Waals surface area (Å²) in [6.07, 6.45) is 4.07. The van der Waals surface area contributed by atoms with E-state index < -0.39 is 0 Å². The molecule has 0 radical (unpaired) electrons. The molecule has 7 heteroatoms. The first-order valence-electron chi connectivity index (χ1n) is 9.75. The summed E-state index contributed by atoms with van der Waals surface area (Å²) >= 11 is 5.42. The molecule has 1 saturated heterocycles. The number of hydrogen-bond acceptors (Lipinski definition) is 5.